The summed E-state index contributed by atoms with van der Waals surface area (Å²) in [4.78, 5) is 12.3. The standard InChI is InChI=1S/C19H14FN3O/c1-11-15-7-12(10-21)8-16(13-3-2-4-14(20)9-13)18(15)23-6-5-22-19(24)17(11)23/h2-4,7-9H,5-6H2,1H3,(H,22,24). The van der Waals surface area contributed by atoms with Gasteiger partial charge in [0.15, 0.2) is 0 Å². The van der Waals surface area contributed by atoms with Crippen LogP contribution in [0.15, 0.2) is 36.4 Å². The van der Waals surface area contributed by atoms with Gasteiger partial charge in [0.05, 0.1) is 17.1 Å². The van der Waals surface area contributed by atoms with Crippen molar-refractivity contribution >= 4 is 16.8 Å². The Morgan fingerprint density at radius 3 is 2.88 bits per heavy atom. The van der Waals surface area contributed by atoms with E-state index in [-0.39, 0.29) is 11.7 Å². The number of halogens is 1. The van der Waals surface area contributed by atoms with Crippen molar-refractivity contribution in [2.24, 2.45) is 0 Å². The number of hydrogen-bond donors (Lipinski definition) is 1. The zero-order valence-electron chi connectivity index (χ0n) is 13.1. The monoisotopic (exact) mass is 319 g/mol. The van der Waals surface area contributed by atoms with Crippen LogP contribution < -0.4 is 5.32 Å². The zero-order valence-corrected chi connectivity index (χ0v) is 13.1. The Morgan fingerprint density at radius 2 is 2.12 bits per heavy atom. The van der Waals surface area contributed by atoms with Crippen molar-refractivity contribution in [3.05, 3.63) is 59.0 Å². The van der Waals surface area contributed by atoms with E-state index in [9.17, 15) is 14.4 Å². The summed E-state index contributed by atoms with van der Waals surface area (Å²) in [5.74, 6) is -0.443. The number of hydrogen-bond acceptors (Lipinski definition) is 2. The second kappa shape index (κ2) is 5.20. The van der Waals surface area contributed by atoms with E-state index in [0.29, 0.717) is 29.9 Å². The van der Waals surface area contributed by atoms with Crippen molar-refractivity contribution in [2.75, 3.05) is 6.54 Å². The highest BCUT2D eigenvalue weighted by atomic mass is 19.1. The molecule has 4 nitrogen and oxygen atoms in total. The van der Waals surface area contributed by atoms with Crippen molar-refractivity contribution in [3.63, 3.8) is 0 Å². The molecule has 1 aromatic heterocycles. The maximum atomic E-state index is 13.7. The number of rotatable bonds is 1. The van der Waals surface area contributed by atoms with Gasteiger partial charge in [-0.1, -0.05) is 12.1 Å². The lowest BCUT2D eigenvalue weighted by atomic mass is 9.99. The lowest BCUT2D eigenvalue weighted by Gasteiger charge is -2.18. The predicted molar refractivity (Wildman–Crippen MR) is 89.1 cm³/mol. The zero-order chi connectivity index (χ0) is 16.8. The smallest absolute Gasteiger partial charge is 0.268 e. The van der Waals surface area contributed by atoms with Crippen LogP contribution in [0.1, 0.15) is 21.6 Å². The summed E-state index contributed by atoms with van der Waals surface area (Å²) >= 11 is 0. The SMILES string of the molecule is Cc1c2n(c3c(-c4cccc(F)c4)cc(C#N)cc13)CCNC2=O. The summed E-state index contributed by atoms with van der Waals surface area (Å²) in [5, 5.41) is 13.1. The molecule has 0 saturated carbocycles. The van der Waals surface area contributed by atoms with Crippen LogP contribution in [0.4, 0.5) is 4.39 Å². The first-order valence-electron chi connectivity index (χ1n) is 7.71. The molecule has 0 unspecified atom stereocenters. The Labute approximate surface area is 138 Å². The molecule has 118 valence electrons. The van der Waals surface area contributed by atoms with Gasteiger partial charge in [0, 0.05) is 24.0 Å². The number of nitrogens with one attached hydrogen (secondary N) is 1. The van der Waals surface area contributed by atoms with Gasteiger partial charge in [-0.25, -0.2) is 4.39 Å². The maximum Gasteiger partial charge on any atom is 0.268 e. The number of carbonyl (C=O) groups excluding carboxylic acids is 1. The molecule has 1 N–H and O–H groups in total. The molecule has 0 saturated heterocycles. The highest BCUT2D eigenvalue weighted by molar-refractivity contribution is 6.06. The summed E-state index contributed by atoms with van der Waals surface area (Å²) in [5.41, 5.74) is 4.30. The van der Waals surface area contributed by atoms with Gasteiger partial charge >= 0.3 is 0 Å². The fraction of sp³-hybridized carbons (Fsp3) is 0.158. The first-order chi connectivity index (χ1) is 11.6. The van der Waals surface area contributed by atoms with Crippen LogP contribution in [0.2, 0.25) is 0 Å². The van der Waals surface area contributed by atoms with Crippen LogP contribution in [0.5, 0.6) is 0 Å². The number of carbonyl (C=O) groups is 1. The molecule has 0 fully saturated rings. The van der Waals surface area contributed by atoms with Gasteiger partial charge in [-0.05, 0) is 42.3 Å². The average molecular weight is 319 g/mol. The Kier molecular flexibility index (Phi) is 3.14. The van der Waals surface area contributed by atoms with E-state index in [1.807, 2.05) is 17.6 Å². The van der Waals surface area contributed by atoms with E-state index in [0.717, 1.165) is 22.0 Å². The van der Waals surface area contributed by atoms with Gasteiger partial charge in [-0.2, -0.15) is 5.26 Å². The summed E-state index contributed by atoms with van der Waals surface area (Å²) < 4.78 is 15.7. The van der Waals surface area contributed by atoms with Gasteiger partial charge in [0.1, 0.15) is 11.5 Å². The van der Waals surface area contributed by atoms with Crippen LogP contribution in [0.3, 0.4) is 0 Å². The maximum absolute atomic E-state index is 13.7. The van der Waals surface area contributed by atoms with Crippen LogP contribution in [-0.2, 0) is 6.54 Å². The lowest BCUT2D eigenvalue weighted by molar-refractivity contribution is 0.0928. The molecule has 0 spiro atoms. The van der Waals surface area contributed by atoms with Crippen LogP contribution in [0.25, 0.3) is 22.0 Å². The molecule has 0 atom stereocenters. The van der Waals surface area contributed by atoms with E-state index in [4.69, 9.17) is 0 Å². The number of fused-ring (bicyclic) bond motifs is 3. The minimum absolute atomic E-state index is 0.112. The minimum Gasteiger partial charge on any atom is -0.349 e. The highest BCUT2D eigenvalue weighted by Gasteiger charge is 2.25. The Hall–Kier alpha value is -3.13. The molecule has 3 aromatic rings. The third kappa shape index (κ3) is 2.00. The molecule has 5 heteroatoms. The number of benzene rings is 2. The van der Waals surface area contributed by atoms with Crippen molar-refractivity contribution in [2.45, 2.75) is 13.5 Å². The molecular formula is C19H14FN3O. The van der Waals surface area contributed by atoms with Gasteiger partial charge in [0.25, 0.3) is 5.91 Å². The summed E-state index contributed by atoms with van der Waals surface area (Å²) in [6, 6.07) is 12.0. The fourth-order valence-corrected chi connectivity index (χ4v) is 3.47. The Bertz CT molecular complexity index is 1040. The lowest BCUT2D eigenvalue weighted by Crippen LogP contribution is -2.35. The predicted octanol–water partition coefficient (Wildman–Crippen LogP) is 3.37. The second-order valence-corrected chi connectivity index (χ2v) is 5.92. The van der Waals surface area contributed by atoms with Gasteiger partial charge < -0.3 is 9.88 Å². The molecule has 0 aliphatic carbocycles. The van der Waals surface area contributed by atoms with E-state index in [1.165, 1.54) is 12.1 Å². The van der Waals surface area contributed by atoms with Crippen molar-refractivity contribution in [1.82, 2.24) is 9.88 Å². The minimum atomic E-state index is -0.331. The topological polar surface area (TPSA) is 57.8 Å². The van der Waals surface area contributed by atoms with E-state index in [1.54, 1.807) is 18.2 Å². The van der Waals surface area contributed by atoms with Crippen molar-refractivity contribution in [3.8, 4) is 17.2 Å². The first kappa shape index (κ1) is 14.5. The molecule has 0 radical (unpaired) electrons. The fourth-order valence-electron chi connectivity index (χ4n) is 3.47. The molecule has 1 aliphatic rings. The summed E-state index contributed by atoms with van der Waals surface area (Å²) in [6.07, 6.45) is 0. The quantitative estimate of drug-likeness (QED) is 0.747. The van der Waals surface area contributed by atoms with Crippen molar-refractivity contribution in [1.29, 1.82) is 5.26 Å². The van der Waals surface area contributed by atoms with Crippen molar-refractivity contribution < 1.29 is 9.18 Å². The third-order valence-electron chi connectivity index (χ3n) is 4.51. The highest BCUT2D eigenvalue weighted by Crippen LogP contribution is 2.36. The van der Waals surface area contributed by atoms with Crippen LogP contribution in [0, 0.1) is 24.1 Å². The number of amides is 1. The third-order valence-corrected chi connectivity index (χ3v) is 4.51. The molecule has 1 amide bonds. The van der Waals surface area contributed by atoms with E-state index in [2.05, 4.69) is 11.4 Å². The second-order valence-electron chi connectivity index (χ2n) is 5.92. The summed E-state index contributed by atoms with van der Waals surface area (Å²) in [6.45, 7) is 3.09. The Morgan fingerprint density at radius 1 is 1.29 bits per heavy atom. The molecule has 4 rings (SSSR count). The van der Waals surface area contributed by atoms with E-state index >= 15 is 0 Å². The molecule has 2 heterocycles. The van der Waals surface area contributed by atoms with E-state index < -0.39 is 0 Å². The molecule has 24 heavy (non-hydrogen) atoms. The molecule has 0 bridgehead atoms. The van der Waals surface area contributed by atoms with Gasteiger partial charge in [-0.15, -0.1) is 0 Å². The number of nitrogens with zero attached hydrogens (tertiary/aromatic N) is 2. The number of aromatic nitrogens is 1. The normalized spacial score (nSPS) is 13.5. The van der Waals surface area contributed by atoms with Gasteiger partial charge in [-0.3, -0.25) is 4.79 Å². The van der Waals surface area contributed by atoms with Crippen LogP contribution in [-0.4, -0.2) is 17.0 Å². The Balaban J connectivity index is 2.15. The van der Waals surface area contributed by atoms with Crippen LogP contribution >= 0.6 is 0 Å². The summed E-state index contributed by atoms with van der Waals surface area (Å²) in [7, 11) is 0. The number of aryl methyl sites for hydroxylation is 1. The molecule has 2 aromatic carbocycles. The van der Waals surface area contributed by atoms with Gasteiger partial charge in [0.2, 0.25) is 0 Å². The molecular weight excluding hydrogens is 305 g/mol. The average Bonchev–Trinajstić information content (AvgIpc) is 2.88. The first-order valence-corrected chi connectivity index (χ1v) is 7.71. The molecule has 1 aliphatic heterocycles. The number of nitriles is 1. The largest absolute Gasteiger partial charge is 0.349 e.